The standard InChI is InChI=1S/C17H17N5O5/c23-6-10-12(24)13(25)17(27-10)22-8-20-11-14(18-7-19-15(11)22)21-16(26)9-4-2-1-3-5-9/h1-5,7-8,10,12-13,17,23-25H,6H2,(H,18,19,21,26)/t10-,12?,13+,17-/m1/s1. The van der Waals surface area contributed by atoms with E-state index in [4.69, 9.17) is 4.74 Å². The van der Waals surface area contributed by atoms with Crippen LogP contribution in [0.25, 0.3) is 11.2 Å². The Morgan fingerprint density at radius 1 is 1.15 bits per heavy atom. The van der Waals surface area contributed by atoms with Crippen molar-refractivity contribution in [3.8, 4) is 0 Å². The number of aliphatic hydroxyl groups is 3. The summed E-state index contributed by atoms with van der Waals surface area (Å²) in [6, 6.07) is 8.65. The monoisotopic (exact) mass is 371 g/mol. The third-order valence-electron chi connectivity index (χ3n) is 4.42. The summed E-state index contributed by atoms with van der Waals surface area (Å²) in [5.41, 5.74) is 1.08. The van der Waals surface area contributed by atoms with Crippen LogP contribution in [0.15, 0.2) is 43.0 Å². The van der Waals surface area contributed by atoms with Crippen LogP contribution in [-0.4, -0.2) is 65.7 Å². The molecule has 1 aliphatic rings. The SMILES string of the molecule is O=C(Nc1ncnc2c1ncn2[C@@H]1O[C@H](CO)C(O)[C@@H]1O)c1ccccc1. The van der Waals surface area contributed by atoms with E-state index in [1.807, 2.05) is 6.07 Å². The number of nitrogens with zero attached hydrogens (tertiary/aromatic N) is 4. The number of hydrogen-bond donors (Lipinski definition) is 4. The second-order valence-electron chi connectivity index (χ2n) is 6.10. The molecule has 4 rings (SSSR count). The smallest absolute Gasteiger partial charge is 0.256 e. The quantitative estimate of drug-likeness (QED) is 0.489. The van der Waals surface area contributed by atoms with E-state index in [2.05, 4.69) is 20.3 Å². The van der Waals surface area contributed by atoms with Gasteiger partial charge in [-0.3, -0.25) is 9.36 Å². The normalized spacial score (nSPS) is 25.0. The minimum Gasteiger partial charge on any atom is -0.394 e. The number of amides is 1. The van der Waals surface area contributed by atoms with E-state index in [-0.39, 0.29) is 11.7 Å². The topological polar surface area (TPSA) is 143 Å². The third kappa shape index (κ3) is 3.04. The number of benzene rings is 1. The predicted octanol–water partition coefficient (Wildman–Crippen LogP) is -0.310. The predicted molar refractivity (Wildman–Crippen MR) is 92.7 cm³/mol. The first kappa shape index (κ1) is 17.5. The Bertz CT molecular complexity index is 963. The van der Waals surface area contributed by atoms with Crippen molar-refractivity contribution in [3.05, 3.63) is 48.5 Å². The number of fused-ring (bicyclic) bond motifs is 1. The average Bonchev–Trinajstić information content (AvgIpc) is 3.25. The molecule has 1 saturated heterocycles. The summed E-state index contributed by atoms with van der Waals surface area (Å²) in [6.07, 6.45) is -1.77. The highest BCUT2D eigenvalue weighted by Gasteiger charge is 2.44. The minimum atomic E-state index is -1.27. The summed E-state index contributed by atoms with van der Waals surface area (Å²) in [7, 11) is 0. The summed E-state index contributed by atoms with van der Waals surface area (Å²) in [4.78, 5) is 24.8. The first-order valence-corrected chi connectivity index (χ1v) is 8.26. The lowest BCUT2D eigenvalue weighted by Crippen LogP contribution is -2.33. The van der Waals surface area contributed by atoms with Gasteiger partial charge < -0.3 is 25.4 Å². The number of carbonyl (C=O) groups excluding carboxylic acids is 1. The highest BCUT2D eigenvalue weighted by Crippen LogP contribution is 2.32. The second kappa shape index (κ2) is 7.00. The molecular weight excluding hydrogens is 354 g/mol. The molecule has 140 valence electrons. The molecule has 4 atom stereocenters. The lowest BCUT2D eigenvalue weighted by Gasteiger charge is -2.16. The summed E-state index contributed by atoms with van der Waals surface area (Å²) < 4.78 is 6.93. The van der Waals surface area contributed by atoms with E-state index in [1.54, 1.807) is 24.3 Å². The fraction of sp³-hybridized carbons (Fsp3) is 0.294. The molecule has 1 fully saturated rings. The van der Waals surface area contributed by atoms with E-state index in [0.717, 1.165) is 0 Å². The molecule has 0 spiro atoms. The fourth-order valence-electron chi connectivity index (χ4n) is 3.01. The molecule has 1 aromatic carbocycles. The van der Waals surface area contributed by atoms with Crippen molar-refractivity contribution in [2.24, 2.45) is 0 Å². The molecular formula is C17H17N5O5. The molecule has 2 aromatic heterocycles. The van der Waals surface area contributed by atoms with Crippen LogP contribution in [0.2, 0.25) is 0 Å². The molecule has 10 heteroatoms. The highest BCUT2D eigenvalue weighted by atomic mass is 16.6. The number of carbonyl (C=O) groups is 1. The van der Waals surface area contributed by atoms with Crippen molar-refractivity contribution >= 4 is 22.9 Å². The van der Waals surface area contributed by atoms with Crippen molar-refractivity contribution in [1.29, 1.82) is 0 Å². The van der Waals surface area contributed by atoms with Crippen molar-refractivity contribution in [3.63, 3.8) is 0 Å². The van der Waals surface area contributed by atoms with E-state index >= 15 is 0 Å². The molecule has 0 aliphatic carbocycles. The van der Waals surface area contributed by atoms with Gasteiger partial charge in [0.2, 0.25) is 0 Å². The number of aromatic nitrogens is 4. The Kier molecular flexibility index (Phi) is 4.54. The summed E-state index contributed by atoms with van der Waals surface area (Å²) in [5.74, 6) is -0.141. The van der Waals surface area contributed by atoms with Crippen LogP contribution >= 0.6 is 0 Å². The maximum atomic E-state index is 12.4. The van der Waals surface area contributed by atoms with Gasteiger partial charge in [0, 0.05) is 5.56 Å². The molecule has 0 radical (unpaired) electrons. The van der Waals surface area contributed by atoms with Gasteiger partial charge in [0.05, 0.1) is 12.9 Å². The van der Waals surface area contributed by atoms with Gasteiger partial charge in [-0.2, -0.15) is 0 Å². The number of anilines is 1. The molecule has 3 heterocycles. The van der Waals surface area contributed by atoms with Crippen LogP contribution in [0.4, 0.5) is 5.82 Å². The minimum absolute atomic E-state index is 0.208. The summed E-state index contributed by atoms with van der Waals surface area (Å²) in [5, 5.41) is 32.1. The Labute approximate surface area is 153 Å². The van der Waals surface area contributed by atoms with E-state index < -0.39 is 31.1 Å². The van der Waals surface area contributed by atoms with E-state index in [9.17, 15) is 20.1 Å². The number of aliphatic hydroxyl groups excluding tert-OH is 3. The highest BCUT2D eigenvalue weighted by molar-refractivity contribution is 6.06. The zero-order valence-corrected chi connectivity index (χ0v) is 14.0. The molecule has 27 heavy (non-hydrogen) atoms. The van der Waals surface area contributed by atoms with Crippen molar-refractivity contribution in [1.82, 2.24) is 19.5 Å². The molecule has 1 unspecified atom stereocenters. The first-order valence-electron chi connectivity index (χ1n) is 8.26. The van der Waals surface area contributed by atoms with Gasteiger partial charge in [-0.05, 0) is 12.1 Å². The van der Waals surface area contributed by atoms with Gasteiger partial charge in [-0.1, -0.05) is 18.2 Å². The van der Waals surface area contributed by atoms with Crippen LogP contribution in [-0.2, 0) is 4.74 Å². The Hall–Kier alpha value is -2.92. The molecule has 3 aromatic rings. The lowest BCUT2D eigenvalue weighted by atomic mass is 10.1. The Balaban J connectivity index is 1.65. The van der Waals surface area contributed by atoms with Crippen molar-refractivity contribution in [2.75, 3.05) is 11.9 Å². The Morgan fingerprint density at radius 2 is 1.93 bits per heavy atom. The average molecular weight is 371 g/mol. The third-order valence-corrected chi connectivity index (χ3v) is 4.42. The number of hydrogen-bond acceptors (Lipinski definition) is 8. The lowest BCUT2D eigenvalue weighted by molar-refractivity contribution is -0.0511. The van der Waals surface area contributed by atoms with Gasteiger partial charge in [0.1, 0.15) is 24.6 Å². The molecule has 0 bridgehead atoms. The summed E-state index contributed by atoms with van der Waals surface area (Å²) in [6.45, 7) is -0.436. The van der Waals surface area contributed by atoms with Crippen LogP contribution < -0.4 is 5.32 Å². The first-order chi connectivity index (χ1) is 13.1. The van der Waals surface area contributed by atoms with Crippen LogP contribution in [0, 0.1) is 0 Å². The maximum Gasteiger partial charge on any atom is 0.256 e. The zero-order chi connectivity index (χ0) is 19.0. The maximum absolute atomic E-state index is 12.4. The molecule has 10 nitrogen and oxygen atoms in total. The molecule has 4 N–H and O–H groups in total. The van der Waals surface area contributed by atoms with Gasteiger partial charge >= 0.3 is 0 Å². The van der Waals surface area contributed by atoms with Gasteiger partial charge in [0.15, 0.2) is 23.2 Å². The molecule has 1 aliphatic heterocycles. The largest absolute Gasteiger partial charge is 0.394 e. The van der Waals surface area contributed by atoms with Crippen LogP contribution in [0.3, 0.4) is 0 Å². The van der Waals surface area contributed by atoms with Crippen molar-refractivity contribution < 1.29 is 24.9 Å². The van der Waals surface area contributed by atoms with Crippen molar-refractivity contribution in [2.45, 2.75) is 24.5 Å². The zero-order valence-electron chi connectivity index (χ0n) is 14.0. The van der Waals surface area contributed by atoms with E-state index in [1.165, 1.54) is 17.2 Å². The number of rotatable bonds is 4. The number of ether oxygens (including phenoxy) is 1. The number of imidazole rings is 1. The second-order valence-corrected chi connectivity index (χ2v) is 6.10. The summed E-state index contributed by atoms with van der Waals surface area (Å²) >= 11 is 0. The molecule has 1 amide bonds. The molecule has 0 saturated carbocycles. The van der Waals surface area contributed by atoms with Gasteiger partial charge in [0.25, 0.3) is 5.91 Å². The number of nitrogens with one attached hydrogen (secondary N) is 1. The van der Waals surface area contributed by atoms with E-state index in [0.29, 0.717) is 16.7 Å². The van der Waals surface area contributed by atoms with Gasteiger partial charge in [-0.25, -0.2) is 15.0 Å². The van der Waals surface area contributed by atoms with Crippen LogP contribution in [0.1, 0.15) is 16.6 Å². The van der Waals surface area contributed by atoms with Gasteiger partial charge in [-0.15, -0.1) is 0 Å². The Morgan fingerprint density at radius 3 is 2.63 bits per heavy atom. The van der Waals surface area contributed by atoms with Crippen LogP contribution in [0.5, 0.6) is 0 Å². The fourth-order valence-corrected chi connectivity index (χ4v) is 3.01.